The first kappa shape index (κ1) is 37.9. The summed E-state index contributed by atoms with van der Waals surface area (Å²) in [6, 6.07) is 11.4. The maximum absolute atomic E-state index is 14.1. The number of aliphatic carboxylic acids is 1. The number of nitrogens with zero attached hydrogens (tertiary/aromatic N) is 4. The molecule has 13 heteroatoms. The molecule has 4 aliphatic heterocycles. The first-order valence-electron chi connectivity index (χ1n) is 19.1. The summed E-state index contributed by atoms with van der Waals surface area (Å²) >= 11 is 0. The van der Waals surface area contributed by atoms with E-state index in [4.69, 9.17) is 9.84 Å². The third kappa shape index (κ3) is 9.23. The van der Waals surface area contributed by atoms with Crippen LogP contribution in [0.25, 0.3) is 0 Å². The summed E-state index contributed by atoms with van der Waals surface area (Å²) in [7, 11) is 0. The van der Waals surface area contributed by atoms with Gasteiger partial charge in [-0.1, -0.05) is 30.3 Å². The Balaban J connectivity index is 1.04. The summed E-state index contributed by atoms with van der Waals surface area (Å²) in [6.45, 7) is 7.40. The van der Waals surface area contributed by atoms with Crippen LogP contribution in [0, 0.1) is 25.7 Å². The molecule has 53 heavy (non-hydrogen) atoms. The lowest BCUT2D eigenvalue weighted by Gasteiger charge is -2.41. The monoisotopic (exact) mass is 731 g/mol. The van der Waals surface area contributed by atoms with Crippen molar-refractivity contribution in [2.45, 2.75) is 90.2 Å². The highest BCUT2D eigenvalue weighted by atomic mass is 16.6. The van der Waals surface area contributed by atoms with Crippen LogP contribution in [-0.4, -0.2) is 118 Å². The number of phenolic OH excluding ortho intramolecular Hbond substituents is 1. The Hall–Kier alpha value is -4.81. The molecule has 0 aromatic heterocycles. The number of aryl methyl sites for hydroxylation is 2. The summed E-state index contributed by atoms with van der Waals surface area (Å²) in [5.74, 6) is -0.240. The number of carboxylic acids is 1. The lowest BCUT2D eigenvalue weighted by atomic mass is 9.78. The van der Waals surface area contributed by atoms with Crippen LogP contribution in [0.4, 0.5) is 15.3 Å². The van der Waals surface area contributed by atoms with Crippen molar-refractivity contribution in [2.75, 3.05) is 51.1 Å². The molecule has 3 saturated heterocycles. The molecule has 2 aromatic carbocycles. The van der Waals surface area contributed by atoms with Crippen LogP contribution in [0.2, 0.25) is 0 Å². The van der Waals surface area contributed by atoms with Crippen molar-refractivity contribution in [1.29, 1.82) is 0 Å². The van der Waals surface area contributed by atoms with E-state index in [2.05, 4.69) is 5.32 Å². The number of phenols is 1. The molecule has 4 heterocycles. The molecule has 4 aliphatic rings. The smallest absolute Gasteiger partial charge is 0.410 e. The minimum Gasteiger partial charge on any atom is -0.507 e. The zero-order chi connectivity index (χ0) is 37.6. The van der Waals surface area contributed by atoms with E-state index in [0.29, 0.717) is 81.6 Å². The number of benzene rings is 2. The second-order valence-electron chi connectivity index (χ2n) is 15.2. The predicted molar refractivity (Wildman–Crippen MR) is 197 cm³/mol. The third-order valence-corrected chi connectivity index (χ3v) is 11.8. The van der Waals surface area contributed by atoms with Gasteiger partial charge < -0.3 is 39.9 Å². The van der Waals surface area contributed by atoms with Crippen LogP contribution >= 0.6 is 0 Å². The third-order valence-electron chi connectivity index (χ3n) is 11.8. The number of hydrogen-bond donors (Lipinski definition) is 3. The van der Waals surface area contributed by atoms with Crippen LogP contribution in [0.1, 0.15) is 73.6 Å². The van der Waals surface area contributed by atoms with Gasteiger partial charge in [0, 0.05) is 70.4 Å². The second kappa shape index (κ2) is 16.9. The Kier molecular flexibility index (Phi) is 12.1. The van der Waals surface area contributed by atoms with Crippen LogP contribution < -0.4 is 5.32 Å². The highest BCUT2D eigenvalue weighted by Gasteiger charge is 2.37. The number of para-hydroxylation sites is 1. The molecule has 3 N–H and O–H groups in total. The average molecular weight is 732 g/mol. The SMILES string of the molecule is Cc1cc(C[C@@H](OC(=O)N2CCC(N3CCc4ccccc4NC3=O)CC2)C(=O)N2CCC(C3CCN(C(=O)CCC(=O)O)CC3)CC2)cc(C)c1O. The number of likely N-dealkylation sites (tertiary alicyclic amines) is 3. The Bertz CT molecular complexity index is 1650. The quantitative estimate of drug-likeness (QED) is 0.327. The fraction of sp³-hybridized carbons (Fsp3) is 0.575. The van der Waals surface area contributed by atoms with E-state index in [0.717, 1.165) is 48.9 Å². The lowest BCUT2D eigenvalue weighted by molar-refractivity contribution is -0.143. The number of hydrogen-bond acceptors (Lipinski definition) is 7. The fourth-order valence-electron chi connectivity index (χ4n) is 8.64. The first-order valence-corrected chi connectivity index (χ1v) is 19.1. The van der Waals surface area contributed by atoms with Crippen LogP contribution in [-0.2, 0) is 32.0 Å². The number of ether oxygens (including phenoxy) is 1. The van der Waals surface area contributed by atoms with E-state index >= 15 is 0 Å². The molecule has 0 spiro atoms. The molecule has 0 radical (unpaired) electrons. The van der Waals surface area contributed by atoms with Crippen molar-refractivity contribution in [1.82, 2.24) is 19.6 Å². The number of carbonyl (C=O) groups is 5. The Morgan fingerprint density at radius 1 is 0.811 bits per heavy atom. The van der Waals surface area contributed by atoms with Crippen molar-refractivity contribution in [2.24, 2.45) is 11.8 Å². The van der Waals surface area contributed by atoms with Crippen LogP contribution in [0.3, 0.4) is 0 Å². The molecular weight excluding hydrogens is 678 g/mol. The summed E-state index contributed by atoms with van der Waals surface area (Å²) in [4.78, 5) is 71.3. The van der Waals surface area contributed by atoms with E-state index < -0.39 is 18.2 Å². The summed E-state index contributed by atoms with van der Waals surface area (Å²) in [6.07, 6.45) is 3.84. The van der Waals surface area contributed by atoms with Gasteiger partial charge in [-0.05, 0) is 98.9 Å². The lowest BCUT2D eigenvalue weighted by Crippen LogP contribution is -2.52. The number of aromatic hydroxyl groups is 1. The minimum absolute atomic E-state index is 0.0142. The number of piperidine rings is 3. The number of rotatable bonds is 9. The normalized spacial score (nSPS) is 19.6. The zero-order valence-corrected chi connectivity index (χ0v) is 30.9. The van der Waals surface area contributed by atoms with Crippen molar-refractivity contribution >= 4 is 35.6 Å². The maximum Gasteiger partial charge on any atom is 0.410 e. The van der Waals surface area contributed by atoms with Gasteiger partial charge in [0.15, 0.2) is 6.10 Å². The average Bonchev–Trinajstić information content (AvgIpc) is 3.33. The van der Waals surface area contributed by atoms with Gasteiger partial charge in [0.1, 0.15) is 5.75 Å². The first-order chi connectivity index (χ1) is 25.5. The summed E-state index contributed by atoms with van der Waals surface area (Å²) in [5, 5.41) is 22.3. The van der Waals surface area contributed by atoms with Gasteiger partial charge in [0.2, 0.25) is 5.91 Å². The Labute approximate surface area is 311 Å². The molecule has 1 atom stereocenters. The number of anilines is 1. The molecule has 3 fully saturated rings. The number of carboxylic acid groups (broad SMARTS) is 1. The molecule has 286 valence electrons. The second-order valence-corrected chi connectivity index (χ2v) is 15.2. The number of fused-ring (bicyclic) bond motifs is 1. The molecule has 5 amide bonds. The van der Waals surface area contributed by atoms with Gasteiger partial charge in [0.05, 0.1) is 6.42 Å². The van der Waals surface area contributed by atoms with Gasteiger partial charge in [-0.2, -0.15) is 0 Å². The molecular formula is C40H53N5O8. The number of urea groups is 1. The molecule has 0 bridgehead atoms. The molecule has 0 unspecified atom stereocenters. The summed E-state index contributed by atoms with van der Waals surface area (Å²) < 4.78 is 6.06. The minimum atomic E-state index is -1.03. The highest BCUT2D eigenvalue weighted by Crippen LogP contribution is 2.34. The van der Waals surface area contributed by atoms with Gasteiger partial charge in [-0.15, -0.1) is 0 Å². The van der Waals surface area contributed by atoms with Gasteiger partial charge >= 0.3 is 18.1 Å². The van der Waals surface area contributed by atoms with Crippen molar-refractivity contribution in [3.8, 4) is 5.75 Å². The van der Waals surface area contributed by atoms with Gasteiger partial charge in [-0.25, -0.2) is 9.59 Å². The van der Waals surface area contributed by atoms with Crippen LogP contribution in [0.15, 0.2) is 36.4 Å². The Morgan fingerprint density at radius 2 is 1.40 bits per heavy atom. The summed E-state index contributed by atoms with van der Waals surface area (Å²) in [5.41, 5.74) is 4.12. The Morgan fingerprint density at radius 3 is 2.02 bits per heavy atom. The highest BCUT2D eigenvalue weighted by molar-refractivity contribution is 5.91. The molecule has 0 aliphatic carbocycles. The molecule has 13 nitrogen and oxygen atoms in total. The van der Waals surface area contributed by atoms with E-state index in [1.54, 1.807) is 14.7 Å². The van der Waals surface area contributed by atoms with Crippen molar-refractivity contribution < 1.29 is 38.9 Å². The molecule has 6 rings (SSSR count). The largest absolute Gasteiger partial charge is 0.507 e. The van der Waals surface area contributed by atoms with E-state index in [1.807, 2.05) is 55.1 Å². The van der Waals surface area contributed by atoms with E-state index in [9.17, 15) is 29.1 Å². The number of nitrogens with one attached hydrogen (secondary N) is 1. The topological polar surface area (TPSA) is 160 Å². The zero-order valence-electron chi connectivity index (χ0n) is 30.9. The maximum atomic E-state index is 14.1. The van der Waals surface area contributed by atoms with E-state index in [-0.39, 0.29) is 48.9 Å². The van der Waals surface area contributed by atoms with Gasteiger partial charge in [-0.3, -0.25) is 14.4 Å². The number of carbonyl (C=O) groups excluding carboxylic acids is 4. The standard InChI is InChI=1S/C40H53N5O8/c1-26-23-28(24-27(2)37(26)49)25-34(38(50)43-18-11-30(12-19-43)29-9-16-42(17-10-29)35(46)7-8-36(47)48)53-40(52)44-20-14-32(15-21-44)45-22-13-31-5-3-4-6-33(31)41-39(45)51/h3-6,23-24,29-30,32,34,49H,7-22,25H2,1-2H3,(H,41,51)(H,47,48)/t34-/m1/s1. The van der Waals surface area contributed by atoms with Crippen molar-refractivity contribution in [3.05, 3.63) is 58.7 Å². The van der Waals surface area contributed by atoms with Crippen molar-refractivity contribution in [3.63, 3.8) is 0 Å². The number of amides is 5. The predicted octanol–water partition coefficient (Wildman–Crippen LogP) is 4.95. The fourth-order valence-corrected chi connectivity index (χ4v) is 8.64. The van der Waals surface area contributed by atoms with Gasteiger partial charge in [0.25, 0.3) is 5.91 Å². The van der Waals surface area contributed by atoms with E-state index in [1.165, 1.54) is 0 Å². The molecule has 2 aromatic rings. The van der Waals surface area contributed by atoms with Crippen LogP contribution in [0.5, 0.6) is 5.75 Å². The molecule has 0 saturated carbocycles.